The van der Waals surface area contributed by atoms with Crippen LogP contribution in [0.4, 0.5) is 5.69 Å². The second kappa shape index (κ2) is 5.23. The minimum absolute atomic E-state index is 0.143. The molecule has 0 N–H and O–H groups in total. The molecule has 1 heterocycles. The topological polar surface area (TPSA) is 20.3 Å². The molecule has 0 saturated heterocycles. The number of rotatable bonds is 2. The summed E-state index contributed by atoms with van der Waals surface area (Å²) in [6, 6.07) is 8.48. The lowest BCUT2D eigenvalue weighted by Gasteiger charge is -2.32. The summed E-state index contributed by atoms with van der Waals surface area (Å²) < 4.78 is 0. The Labute approximate surface area is 122 Å². The predicted octanol–water partition coefficient (Wildman–Crippen LogP) is 4.28. The maximum atomic E-state index is 11.9. The summed E-state index contributed by atoms with van der Waals surface area (Å²) in [5, 5.41) is 0. The van der Waals surface area contributed by atoms with Gasteiger partial charge in [-0.3, -0.25) is 4.79 Å². The van der Waals surface area contributed by atoms with Gasteiger partial charge in [0, 0.05) is 24.6 Å². The molecule has 0 aromatic heterocycles. The summed E-state index contributed by atoms with van der Waals surface area (Å²) in [5.74, 6) is 1.01. The smallest absolute Gasteiger partial charge is 0.223 e. The third kappa shape index (κ3) is 2.36. The van der Waals surface area contributed by atoms with Crippen molar-refractivity contribution < 1.29 is 4.79 Å². The molecule has 1 amide bonds. The highest BCUT2D eigenvalue weighted by Crippen LogP contribution is 2.46. The molecule has 1 aliphatic heterocycles. The van der Waals surface area contributed by atoms with Crippen molar-refractivity contribution in [2.45, 2.75) is 57.8 Å². The summed E-state index contributed by atoms with van der Waals surface area (Å²) in [5.41, 5.74) is 2.66. The van der Waals surface area contributed by atoms with E-state index >= 15 is 0 Å². The molecule has 1 aromatic rings. The molecule has 0 spiro atoms. The van der Waals surface area contributed by atoms with E-state index in [1.165, 1.54) is 44.1 Å². The van der Waals surface area contributed by atoms with Gasteiger partial charge in [0.15, 0.2) is 0 Å². The lowest BCUT2D eigenvalue weighted by atomic mass is 9.73. The minimum atomic E-state index is 0.143. The lowest BCUT2D eigenvalue weighted by Crippen LogP contribution is -2.35. The first-order chi connectivity index (χ1) is 9.60. The Morgan fingerprint density at radius 2 is 1.95 bits per heavy atom. The van der Waals surface area contributed by atoms with E-state index in [0.717, 1.165) is 18.2 Å². The highest BCUT2D eigenvalue weighted by atomic mass is 16.2. The minimum Gasteiger partial charge on any atom is -0.311 e. The maximum absolute atomic E-state index is 11.9. The van der Waals surface area contributed by atoms with Gasteiger partial charge >= 0.3 is 0 Å². The molecular formula is C18H25NO. The van der Waals surface area contributed by atoms with Crippen molar-refractivity contribution in [2.24, 2.45) is 5.92 Å². The molecule has 1 fully saturated rings. The normalized spacial score (nSPS) is 26.6. The largest absolute Gasteiger partial charge is 0.311 e. The first kappa shape index (κ1) is 13.7. The Hall–Kier alpha value is -1.31. The summed E-state index contributed by atoms with van der Waals surface area (Å²) in [4.78, 5) is 13.9. The number of amides is 1. The molecule has 1 atom stereocenters. The van der Waals surface area contributed by atoms with Crippen LogP contribution >= 0.6 is 0 Å². The van der Waals surface area contributed by atoms with Crippen LogP contribution in [0.1, 0.15) is 57.9 Å². The van der Waals surface area contributed by atoms with E-state index in [-0.39, 0.29) is 11.3 Å². The van der Waals surface area contributed by atoms with E-state index in [4.69, 9.17) is 0 Å². The Morgan fingerprint density at radius 3 is 2.65 bits per heavy atom. The first-order valence-electron chi connectivity index (χ1n) is 7.98. The zero-order valence-corrected chi connectivity index (χ0v) is 12.7. The molecular weight excluding hydrogens is 246 g/mol. The number of nitrogens with zero attached hydrogens (tertiary/aromatic N) is 1. The second-order valence-electron chi connectivity index (χ2n) is 6.89. The van der Waals surface area contributed by atoms with Crippen LogP contribution in [-0.2, 0) is 10.2 Å². The molecule has 1 saturated carbocycles. The fourth-order valence-corrected chi connectivity index (χ4v) is 4.22. The fraction of sp³-hybridized carbons (Fsp3) is 0.611. The number of hydrogen-bond donors (Lipinski definition) is 0. The van der Waals surface area contributed by atoms with E-state index in [0.29, 0.717) is 0 Å². The Kier molecular flexibility index (Phi) is 3.57. The molecule has 1 unspecified atom stereocenters. The maximum Gasteiger partial charge on any atom is 0.223 e. The van der Waals surface area contributed by atoms with Crippen LogP contribution in [0.3, 0.4) is 0 Å². The number of anilines is 1. The van der Waals surface area contributed by atoms with Gasteiger partial charge in [-0.1, -0.05) is 57.2 Å². The average molecular weight is 271 g/mol. The Morgan fingerprint density at radius 1 is 1.25 bits per heavy atom. The summed E-state index contributed by atoms with van der Waals surface area (Å²) >= 11 is 0. The van der Waals surface area contributed by atoms with E-state index in [9.17, 15) is 4.79 Å². The summed E-state index contributed by atoms with van der Waals surface area (Å²) in [6.45, 7) is 4.89. The average Bonchev–Trinajstić information content (AvgIpc) is 2.74. The van der Waals surface area contributed by atoms with Gasteiger partial charge in [-0.2, -0.15) is 0 Å². The summed E-state index contributed by atoms with van der Waals surface area (Å²) in [6.07, 6.45) is 8.16. The third-order valence-electron chi connectivity index (χ3n) is 5.20. The van der Waals surface area contributed by atoms with Crippen molar-refractivity contribution in [3.8, 4) is 0 Å². The molecule has 20 heavy (non-hydrogen) atoms. The van der Waals surface area contributed by atoms with E-state index in [2.05, 4.69) is 25.1 Å². The highest BCUT2D eigenvalue weighted by molar-refractivity contribution is 5.94. The molecule has 2 heteroatoms. The van der Waals surface area contributed by atoms with Gasteiger partial charge in [-0.25, -0.2) is 0 Å². The monoisotopic (exact) mass is 271 g/mol. The summed E-state index contributed by atoms with van der Waals surface area (Å²) in [7, 11) is 0. The van der Waals surface area contributed by atoms with Crippen LogP contribution < -0.4 is 4.90 Å². The van der Waals surface area contributed by atoms with Gasteiger partial charge in [-0.15, -0.1) is 0 Å². The van der Waals surface area contributed by atoms with E-state index in [1.54, 1.807) is 6.92 Å². The Balaban J connectivity index is 1.87. The van der Waals surface area contributed by atoms with Crippen LogP contribution in [0.2, 0.25) is 0 Å². The van der Waals surface area contributed by atoms with Crippen LogP contribution in [0, 0.1) is 5.92 Å². The lowest BCUT2D eigenvalue weighted by molar-refractivity contribution is -0.116. The first-order valence-corrected chi connectivity index (χ1v) is 7.98. The molecule has 3 rings (SSSR count). The van der Waals surface area contributed by atoms with Crippen molar-refractivity contribution in [1.82, 2.24) is 0 Å². The molecule has 0 radical (unpaired) electrons. The molecule has 2 aliphatic rings. The SMILES string of the molecule is CC(=O)N1CC(C)(CC2CCCCC2)c2ccccc21. The quantitative estimate of drug-likeness (QED) is 0.786. The van der Waals surface area contributed by atoms with E-state index < -0.39 is 0 Å². The number of carbonyl (C=O) groups is 1. The van der Waals surface area contributed by atoms with Gasteiger partial charge in [0.2, 0.25) is 5.91 Å². The van der Waals surface area contributed by atoms with Crippen LogP contribution in [0.15, 0.2) is 24.3 Å². The van der Waals surface area contributed by atoms with Gasteiger partial charge in [0.25, 0.3) is 0 Å². The zero-order valence-electron chi connectivity index (χ0n) is 12.7. The van der Waals surface area contributed by atoms with Gasteiger partial charge in [-0.05, 0) is 24.0 Å². The highest BCUT2D eigenvalue weighted by Gasteiger charge is 2.41. The second-order valence-corrected chi connectivity index (χ2v) is 6.89. The molecule has 1 aromatic carbocycles. The van der Waals surface area contributed by atoms with Crippen molar-refractivity contribution >= 4 is 11.6 Å². The predicted molar refractivity (Wildman–Crippen MR) is 83.0 cm³/mol. The molecule has 2 nitrogen and oxygen atoms in total. The number of para-hydroxylation sites is 1. The van der Waals surface area contributed by atoms with Gasteiger partial charge < -0.3 is 4.90 Å². The standard InChI is InChI=1S/C18H25NO/c1-14(20)19-13-18(2,12-15-8-4-3-5-9-15)16-10-6-7-11-17(16)19/h6-7,10-11,15H,3-5,8-9,12-13H2,1-2H3. The third-order valence-corrected chi connectivity index (χ3v) is 5.20. The zero-order chi connectivity index (χ0) is 14.2. The van der Waals surface area contributed by atoms with Gasteiger partial charge in [0.05, 0.1) is 0 Å². The molecule has 1 aliphatic carbocycles. The Bertz CT molecular complexity index is 504. The van der Waals surface area contributed by atoms with E-state index in [1.807, 2.05) is 11.0 Å². The van der Waals surface area contributed by atoms with Crippen molar-refractivity contribution in [1.29, 1.82) is 0 Å². The van der Waals surface area contributed by atoms with Crippen LogP contribution in [0.5, 0.6) is 0 Å². The number of fused-ring (bicyclic) bond motifs is 1. The fourth-order valence-electron chi connectivity index (χ4n) is 4.22. The number of hydrogen-bond acceptors (Lipinski definition) is 1. The number of benzene rings is 1. The number of carbonyl (C=O) groups excluding carboxylic acids is 1. The van der Waals surface area contributed by atoms with Crippen LogP contribution in [-0.4, -0.2) is 12.5 Å². The molecule has 0 bridgehead atoms. The van der Waals surface area contributed by atoms with Crippen LogP contribution in [0.25, 0.3) is 0 Å². The van der Waals surface area contributed by atoms with Crippen molar-refractivity contribution in [2.75, 3.05) is 11.4 Å². The van der Waals surface area contributed by atoms with Crippen molar-refractivity contribution in [3.05, 3.63) is 29.8 Å². The van der Waals surface area contributed by atoms with Gasteiger partial charge in [0.1, 0.15) is 0 Å². The molecule has 108 valence electrons. The van der Waals surface area contributed by atoms with Crippen molar-refractivity contribution in [3.63, 3.8) is 0 Å².